The Bertz CT molecular complexity index is 1270. The van der Waals surface area contributed by atoms with Gasteiger partial charge in [0.15, 0.2) is 0 Å². The summed E-state index contributed by atoms with van der Waals surface area (Å²) in [6, 6.07) is 23.2. The Labute approximate surface area is 209 Å². The van der Waals surface area contributed by atoms with Crippen molar-refractivity contribution in [2.45, 2.75) is 26.4 Å². The lowest BCUT2D eigenvalue weighted by Crippen LogP contribution is -2.28. The summed E-state index contributed by atoms with van der Waals surface area (Å²) in [5, 5.41) is 5.75. The quantitative estimate of drug-likeness (QED) is 0.375. The Morgan fingerprint density at radius 2 is 1.72 bits per heavy atom. The first-order valence-corrected chi connectivity index (χ1v) is 11.7. The first-order valence-electron chi connectivity index (χ1n) is 11.7. The minimum absolute atomic E-state index is 0.0458. The topological polar surface area (TPSA) is 105 Å². The number of rotatable bonds is 8. The van der Waals surface area contributed by atoms with Crippen LogP contribution in [0.4, 0.5) is 5.69 Å². The molecule has 1 fully saturated rings. The number of anilines is 1. The molecular weight excluding hydrogens is 458 g/mol. The highest BCUT2D eigenvalue weighted by Gasteiger charge is 2.34. The summed E-state index contributed by atoms with van der Waals surface area (Å²) in [4.78, 5) is 51.0. The third kappa shape index (κ3) is 6.35. The highest BCUT2D eigenvalue weighted by atomic mass is 16.5. The van der Waals surface area contributed by atoms with E-state index in [4.69, 9.17) is 4.74 Å². The second-order valence-electron chi connectivity index (χ2n) is 8.61. The van der Waals surface area contributed by atoms with Crippen LogP contribution in [0.3, 0.4) is 0 Å². The minimum atomic E-state index is -0.468. The number of likely N-dealkylation sites (tertiary alicyclic amines) is 1. The number of carbonyl (C=O) groups excluding carboxylic acids is 4. The summed E-state index contributed by atoms with van der Waals surface area (Å²) in [5.41, 5.74) is 2.66. The van der Waals surface area contributed by atoms with Crippen LogP contribution in [0.25, 0.3) is 0 Å². The van der Waals surface area contributed by atoms with E-state index in [1.807, 2.05) is 42.5 Å². The molecule has 1 aliphatic rings. The average molecular weight is 486 g/mol. The molecule has 1 saturated heterocycles. The number of benzene rings is 3. The first-order chi connectivity index (χ1) is 17.4. The van der Waals surface area contributed by atoms with Gasteiger partial charge in [0.25, 0.3) is 5.91 Å². The minimum Gasteiger partial charge on any atom is -0.427 e. The van der Waals surface area contributed by atoms with Gasteiger partial charge in [-0.3, -0.25) is 19.2 Å². The molecule has 1 heterocycles. The van der Waals surface area contributed by atoms with Crippen LogP contribution in [0.2, 0.25) is 0 Å². The molecule has 8 heteroatoms. The molecule has 3 aromatic rings. The fourth-order valence-corrected chi connectivity index (χ4v) is 4.08. The van der Waals surface area contributed by atoms with E-state index in [9.17, 15) is 19.2 Å². The molecule has 0 spiro atoms. The van der Waals surface area contributed by atoms with Crippen LogP contribution in [0.15, 0.2) is 78.9 Å². The average Bonchev–Trinajstić information content (AvgIpc) is 3.24. The lowest BCUT2D eigenvalue weighted by atomic mass is 10.1. The summed E-state index contributed by atoms with van der Waals surface area (Å²) in [6.45, 7) is 2.30. The largest absolute Gasteiger partial charge is 0.427 e. The molecule has 0 aliphatic carbocycles. The second-order valence-corrected chi connectivity index (χ2v) is 8.61. The van der Waals surface area contributed by atoms with Crippen LogP contribution >= 0.6 is 0 Å². The van der Waals surface area contributed by atoms with Gasteiger partial charge in [0.2, 0.25) is 11.8 Å². The molecule has 3 amide bonds. The number of hydrogen-bond donors (Lipinski definition) is 2. The Kier molecular flexibility index (Phi) is 7.75. The molecule has 3 aromatic carbocycles. The van der Waals surface area contributed by atoms with Gasteiger partial charge in [-0.2, -0.15) is 0 Å². The second kappa shape index (κ2) is 11.3. The molecule has 184 valence electrons. The van der Waals surface area contributed by atoms with E-state index in [1.54, 1.807) is 35.2 Å². The zero-order valence-electron chi connectivity index (χ0n) is 19.9. The van der Waals surface area contributed by atoms with E-state index in [1.165, 1.54) is 13.0 Å². The lowest BCUT2D eigenvalue weighted by molar-refractivity contribution is -0.132. The van der Waals surface area contributed by atoms with Crippen molar-refractivity contribution in [1.82, 2.24) is 10.2 Å². The third-order valence-electron chi connectivity index (χ3n) is 5.87. The molecule has 36 heavy (non-hydrogen) atoms. The van der Waals surface area contributed by atoms with Crippen molar-refractivity contribution in [1.29, 1.82) is 0 Å². The SMILES string of the molecule is CC(=O)Oc1cccc(C(=O)NCc2ccccc2NC(=O)C2CC(=O)N(Cc3ccccc3)C2)c1. The van der Waals surface area contributed by atoms with Gasteiger partial charge in [0.1, 0.15) is 5.75 Å². The van der Waals surface area contributed by atoms with Crippen LogP contribution < -0.4 is 15.4 Å². The normalized spacial score (nSPS) is 14.9. The van der Waals surface area contributed by atoms with Crippen molar-refractivity contribution in [3.8, 4) is 5.75 Å². The van der Waals surface area contributed by atoms with Crippen molar-refractivity contribution in [2.24, 2.45) is 5.92 Å². The highest BCUT2D eigenvalue weighted by Crippen LogP contribution is 2.23. The van der Waals surface area contributed by atoms with Gasteiger partial charge in [-0.1, -0.05) is 54.6 Å². The number of para-hydroxylation sites is 1. The molecule has 0 saturated carbocycles. The predicted molar refractivity (Wildman–Crippen MR) is 134 cm³/mol. The molecular formula is C28H27N3O5. The molecule has 0 bridgehead atoms. The molecule has 4 rings (SSSR count). The van der Waals surface area contributed by atoms with Crippen LogP contribution in [0.1, 0.15) is 34.8 Å². The van der Waals surface area contributed by atoms with E-state index in [0.717, 1.165) is 11.1 Å². The van der Waals surface area contributed by atoms with E-state index >= 15 is 0 Å². The summed E-state index contributed by atoms with van der Waals surface area (Å²) in [5.74, 6) is -1.25. The van der Waals surface area contributed by atoms with E-state index < -0.39 is 11.9 Å². The fraction of sp³-hybridized carbons (Fsp3) is 0.214. The lowest BCUT2D eigenvalue weighted by Gasteiger charge is -2.17. The Hall–Kier alpha value is -4.46. The van der Waals surface area contributed by atoms with Crippen molar-refractivity contribution < 1.29 is 23.9 Å². The van der Waals surface area contributed by atoms with Crippen LogP contribution in [0, 0.1) is 5.92 Å². The summed E-state index contributed by atoms with van der Waals surface area (Å²) in [6.07, 6.45) is 0.163. The van der Waals surface area contributed by atoms with Gasteiger partial charge in [-0.25, -0.2) is 0 Å². The Balaban J connectivity index is 1.36. The first kappa shape index (κ1) is 24.7. The van der Waals surface area contributed by atoms with Crippen molar-refractivity contribution in [3.63, 3.8) is 0 Å². The molecule has 0 radical (unpaired) electrons. The number of amides is 3. The van der Waals surface area contributed by atoms with Gasteiger partial charge in [-0.15, -0.1) is 0 Å². The molecule has 1 aliphatic heterocycles. The summed E-state index contributed by atoms with van der Waals surface area (Å²) in [7, 11) is 0. The van der Waals surface area contributed by atoms with Crippen molar-refractivity contribution in [2.75, 3.05) is 11.9 Å². The van der Waals surface area contributed by atoms with E-state index in [-0.39, 0.29) is 36.4 Å². The number of esters is 1. The van der Waals surface area contributed by atoms with Gasteiger partial charge < -0.3 is 20.3 Å². The maximum atomic E-state index is 13.0. The molecule has 2 N–H and O–H groups in total. The molecule has 8 nitrogen and oxygen atoms in total. The number of ether oxygens (including phenoxy) is 1. The van der Waals surface area contributed by atoms with Gasteiger partial charge >= 0.3 is 5.97 Å². The molecule has 0 aromatic heterocycles. The predicted octanol–water partition coefficient (Wildman–Crippen LogP) is 3.53. The van der Waals surface area contributed by atoms with Crippen molar-refractivity contribution >= 4 is 29.4 Å². The zero-order valence-corrected chi connectivity index (χ0v) is 19.9. The Morgan fingerprint density at radius 1 is 0.972 bits per heavy atom. The monoisotopic (exact) mass is 485 g/mol. The number of nitrogens with zero attached hydrogens (tertiary/aromatic N) is 1. The zero-order chi connectivity index (χ0) is 25.5. The van der Waals surface area contributed by atoms with Crippen LogP contribution in [0.5, 0.6) is 5.75 Å². The van der Waals surface area contributed by atoms with Gasteiger partial charge in [-0.05, 0) is 35.4 Å². The summed E-state index contributed by atoms with van der Waals surface area (Å²) < 4.78 is 5.03. The third-order valence-corrected chi connectivity index (χ3v) is 5.87. The van der Waals surface area contributed by atoms with Crippen LogP contribution in [-0.2, 0) is 27.5 Å². The summed E-state index contributed by atoms with van der Waals surface area (Å²) >= 11 is 0. The molecule has 1 unspecified atom stereocenters. The highest BCUT2D eigenvalue weighted by molar-refractivity contribution is 5.98. The van der Waals surface area contributed by atoms with Gasteiger partial charge in [0, 0.05) is 44.2 Å². The van der Waals surface area contributed by atoms with Crippen LogP contribution in [-0.4, -0.2) is 35.1 Å². The van der Waals surface area contributed by atoms with Gasteiger partial charge in [0.05, 0.1) is 5.92 Å². The standard InChI is InChI=1S/C28H27N3O5/c1-19(32)36-24-12-7-11-21(14-24)27(34)29-16-22-10-5-6-13-25(22)30-28(35)23-15-26(33)31(18-23)17-20-8-3-2-4-9-20/h2-14,23H,15-18H2,1H3,(H,29,34)(H,30,35). The Morgan fingerprint density at radius 3 is 2.50 bits per heavy atom. The smallest absolute Gasteiger partial charge is 0.308 e. The van der Waals surface area contributed by atoms with E-state index in [2.05, 4.69) is 10.6 Å². The van der Waals surface area contributed by atoms with Crippen molar-refractivity contribution in [3.05, 3.63) is 95.6 Å². The number of hydrogen-bond acceptors (Lipinski definition) is 5. The maximum absolute atomic E-state index is 13.0. The number of nitrogens with one attached hydrogen (secondary N) is 2. The maximum Gasteiger partial charge on any atom is 0.308 e. The van der Waals surface area contributed by atoms with E-state index in [0.29, 0.717) is 24.3 Å². The fourth-order valence-electron chi connectivity index (χ4n) is 4.08. The molecule has 1 atom stereocenters. The number of carbonyl (C=O) groups is 4.